The maximum atomic E-state index is 12.9. The molecule has 0 unspecified atom stereocenters. The second kappa shape index (κ2) is 9.41. The van der Waals surface area contributed by atoms with E-state index in [-0.39, 0.29) is 24.5 Å². The monoisotopic (exact) mass is 446 g/mol. The number of aromatic nitrogens is 3. The molecule has 3 heterocycles. The van der Waals surface area contributed by atoms with Gasteiger partial charge in [-0.15, -0.1) is 5.10 Å². The van der Waals surface area contributed by atoms with Gasteiger partial charge in [-0.3, -0.25) is 9.63 Å². The maximum Gasteiger partial charge on any atom is 0.345 e. The Balaban J connectivity index is 1.14. The number of rotatable bonds is 8. The number of hydrogen-bond acceptors (Lipinski definition) is 5. The Labute approximate surface area is 191 Å². The van der Waals surface area contributed by atoms with Gasteiger partial charge >= 0.3 is 6.03 Å². The molecule has 2 aliphatic heterocycles. The summed E-state index contributed by atoms with van der Waals surface area (Å²) >= 11 is 0. The van der Waals surface area contributed by atoms with Crippen LogP contribution in [0.25, 0.3) is 0 Å². The Hall–Kier alpha value is -3.72. The van der Waals surface area contributed by atoms with Gasteiger partial charge in [-0.1, -0.05) is 65.9 Å². The van der Waals surface area contributed by atoms with E-state index in [1.165, 1.54) is 5.06 Å². The standard InChI is InChI=1S/C24H26N6O3/c31-23(25-13-20-15-28(27-26-20)14-18-7-3-1-4-8-18)22-12-11-21-16-29(22)24(32)30(21)33-17-19-9-5-2-6-10-19/h1-10,15,21-22H,11-14,16-17H2,(H,25,31)/t21-,22-/m0/s1. The van der Waals surface area contributed by atoms with Crippen molar-refractivity contribution in [2.24, 2.45) is 0 Å². The summed E-state index contributed by atoms with van der Waals surface area (Å²) in [6.45, 7) is 1.71. The largest absolute Gasteiger partial charge is 0.349 e. The highest BCUT2D eigenvalue weighted by molar-refractivity contribution is 5.88. The third kappa shape index (κ3) is 4.73. The summed E-state index contributed by atoms with van der Waals surface area (Å²) in [4.78, 5) is 33.2. The van der Waals surface area contributed by atoms with Crippen molar-refractivity contribution in [3.05, 3.63) is 83.7 Å². The number of nitrogens with one attached hydrogen (secondary N) is 1. The van der Waals surface area contributed by atoms with E-state index in [1.807, 2.05) is 66.9 Å². The molecule has 1 aromatic heterocycles. The number of hydrogen-bond donors (Lipinski definition) is 1. The number of carbonyl (C=O) groups is 2. The highest BCUT2D eigenvalue weighted by atomic mass is 16.7. The van der Waals surface area contributed by atoms with Crippen LogP contribution in [0, 0.1) is 0 Å². The van der Waals surface area contributed by atoms with Crippen LogP contribution in [0.2, 0.25) is 0 Å². The zero-order valence-corrected chi connectivity index (χ0v) is 18.2. The molecule has 0 saturated carbocycles. The van der Waals surface area contributed by atoms with Crippen molar-refractivity contribution >= 4 is 11.9 Å². The van der Waals surface area contributed by atoms with Crippen LogP contribution in [0.4, 0.5) is 4.79 Å². The molecule has 2 bridgehead atoms. The molecule has 0 spiro atoms. The van der Waals surface area contributed by atoms with E-state index in [1.54, 1.807) is 9.58 Å². The van der Waals surface area contributed by atoms with Crippen LogP contribution in [0.15, 0.2) is 66.9 Å². The first kappa shape index (κ1) is 21.1. The maximum absolute atomic E-state index is 12.9. The van der Waals surface area contributed by atoms with Crippen LogP contribution in [0.3, 0.4) is 0 Å². The molecule has 170 valence electrons. The van der Waals surface area contributed by atoms with E-state index in [9.17, 15) is 9.59 Å². The van der Waals surface area contributed by atoms with E-state index in [0.29, 0.717) is 31.8 Å². The second-order valence-electron chi connectivity index (χ2n) is 8.38. The van der Waals surface area contributed by atoms with Gasteiger partial charge in [-0.2, -0.15) is 5.06 Å². The number of fused-ring (bicyclic) bond motifs is 2. The summed E-state index contributed by atoms with van der Waals surface area (Å²) in [5, 5.41) is 12.6. The minimum atomic E-state index is -0.501. The van der Waals surface area contributed by atoms with Crippen molar-refractivity contribution in [3.63, 3.8) is 0 Å². The number of piperidine rings is 1. The Morgan fingerprint density at radius 3 is 2.52 bits per heavy atom. The molecule has 3 amide bonds. The zero-order valence-electron chi connectivity index (χ0n) is 18.2. The van der Waals surface area contributed by atoms with Gasteiger partial charge in [-0.25, -0.2) is 9.48 Å². The predicted octanol–water partition coefficient (Wildman–Crippen LogP) is 2.34. The fourth-order valence-electron chi connectivity index (χ4n) is 4.35. The van der Waals surface area contributed by atoms with Gasteiger partial charge in [0.05, 0.1) is 25.3 Å². The van der Waals surface area contributed by atoms with E-state index < -0.39 is 6.04 Å². The first-order chi connectivity index (χ1) is 16.2. The van der Waals surface area contributed by atoms with Gasteiger partial charge in [0.15, 0.2) is 0 Å². The Kier molecular flexibility index (Phi) is 6.03. The van der Waals surface area contributed by atoms with Crippen molar-refractivity contribution in [3.8, 4) is 0 Å². The molecule has 2 atom stereocenters. The molecular formula is C24H26N6O3. The molecule has 9 heteroatoms. The SMILES string of the molecule is O=C(NCc1cn(Cc2ccccc2)nn1)[C@@H]1CC[C@H]2CN1C(=O)N2OCc1ccccc1. The third-order valence-corrected chi connectivity index (χ3v) is 6.06. The number of carbonyl (C=O) groups excluding carboxylic acids is 2. The average molecular weight is 447 g/mol. The average Bonchev–Trinajstić information content (AvgIpc) is 3.39. The lowest BCUT2D eigenvalue weighted by molar-refractivity contribution is -0.140. The Morgan fingerprint density at radius 1 is 1.03 bits per heavy atom. The van der Waals surface area contributed by atoms with E-state index in [4.69, 9.17) is 4.84 Å². The first-order valence-electron chi connectivity index (χ1n) is 11.1. The summed E-state index contributed by atoms with van der Waals surface area (Å²) in [6, 6.07) is 18.9. The molecule has 2 saturated heterocycles. The lowest BCUT2D eigenvalue weighted by Crippen LogP contribution is -2.49. The highest BCUT2D eigenvalue weighted by Gasteiger charge is 2.47. The molecule has 5 rings (SSSR count). The van der Waals surface area contributed by atoms with E-state index in [0.717, 1.165) is 17.5 Å². The number of amides is 3. The Morgan fingerprint density at radius 2 is 1.76 bits per heavy atom. The summed E-state index contributed by atoms with van der Waals surface area (Å²) in [5.41, 5.74) is 2.80. The number of benzene rings is 2. The van der Waals surface area contributed by atoms with Crippen LogP contribution >= 0.6 is 0 Å². The highest BCUT2D eigenvalue weighted by Crippen LogP contribution is 2.30. The van der Waals surface area contributed by atoms with E-state index in [2.05, 4.69) is 15.6 Å². The molecule has 33 heavy (non-hydrogen) atoms. The van der Waals surface area contributed by atoms with Crippen LogP contribution in [0.1, 0.15) is 29.7 Å². The molecule has 9 nitrogen and oxygen atoms in total. The van der Waals surface area contributed by atoms with Crippen LogP contribution < -0.4 is 5.32 Å². The summed E-state index contributed by atoms with van der Waals surface area (Å²) in [7, 11) is 0. The first-order valence-corrected chi connectivity index (χ1v) is 11.1. The second-order valence-corrected chi connectivity index (χ2v) is 8.38. The minimum absolute atomic E-state index is 0.0249. The van der Waals surface area contributed by atoms with Gasteiger partial charge in [0.2, 0.25) is 5.91 Å². The van der Waals surface area contributed by atoms with E-state index >= 15 is 0 Å². The molecule has 0 radical (unpaired) electrons. The molecule has 2 fully saturated rings. The van der Waals surface area contributed by atoms with Gasteiger partial charge in [0.25, 0.3) is 0 Å². The molecule has 3 aromatic rings. The van der Waals surface area contributed by atoms with Crippen molar-refractivity contribution in [1.29, 1.82) is 0 Å². The van der Waals surface area contributed by atoms with Crippen molar-refractivity contribution in [1.82, 2.24) is 30.3 Å². The van der Waals surface area contributed by atoms with Gasteiger partial charge < -0.3 is 10.2 Å². The topological polar surface area (TPSA) is 92.6 Å². The van der Waals surface area contributed by atoms with Crippen molar-refractivity contribution in [2.75, 3.05) is 6.54 Å². The fraction of sp³-hybridized carbons (Fsp3) is 0.333. The molecule has 2 aromatic carbocycles. The molecule has 1 N–H and O–H groups in total. The zero-order chi connectivity index (χ0) is 22.6. The summed E-state index contributed by atoms with van der Waals surface area (Å²) < 4.78 is 1.74. The van der Waals surface area contributed by atoms with Crippen LogP contribution in [0.5, 0.6) is 0 Å². The van der Waals surface area contributed by atoms with Gasteiger partial charge in [-0.05, 0) is 24.0 Å². The van der Waals surface area contributed by atoms with Crippen molar-refractivity contribution < 1.29 is 14.4 Å². The number of urea groups is 1. The molecule has 0 aliphatic carbocycles. The van der Waals surface area contributed by atoms with Crippen LogP contribution in [-0.4, -0.2) is 55.5 Å². The quantitative estimate of drug-likeness (QED) is 0.573. The fourth-order valence-corrected chi connectivity index (χ4v) is 4.35. The molecular weight excluding hydrogens is 420 g/mol. The van der Waals surface area contributed by atoms with Gasteiger partial charge in [0.1, 0.15) is 18.3 Å². The van der Waals surface area contributed by atoms with Crippen molar-refractivity contribution in [2.45, 2.75) is 44.6 Å². The number of nitrogens with zero attached hydrogens (tertiary/aromatic N) is 5. The summed E-state index contributed by atoms with van der Waals surface area (Å²) in [5.74, 6) is -0.177. The lowest BCUT2D eigenvalue weighted by Gasteiger charge is -2.29. The number of hydroxylamine groups is 2. The smallest absolute Gasteiger partial charge is 0.345 e. The Bertz CT molecular complexity index is 1100. The van der Waals surface area contributed by atoms with Gasteiger partial charge in [0, 0.05) is 6.54 Å². The minimum Gasteiger partial charge on any atom is -0.349 e. The lowest BCUT2D eigenvalue weighted by atomic mass is 10.0. The third-order valence-electron chi connectivity index (χ3n) is 6.06. The van der Waals surface area contributed by atoms with Crippen LogP contribution in [-0.2, 0) is 29.3 Å². The summed E-state index contributed by atoms with van der Waals surface area (Å²) in [6.07, 6.45) is 3.15. The molecule has 2 aliphatic rings. The normalized spacial score (nSPS) is 19.7. The predicted molar refractivity (Wildman–Crippen MR) is 119 cm³/mol.